The molecule has 0 saturated carbocycles. The van der Waals surface area contributed by atoms with E-state index in [4.69, 9.17) is 0 Å². The summed E-state index contributed by atoms with van der Waals surface area (Å²) in [4.78, 5) is 17.0. The third kappa shape index (κ3) is 2.54. The summed E-state index contributed by atoms with van der Waals surface area (Å²) in [6.45, 7) is 1.94. The molecule has 1 unspecified atom stereocenters. The first-order chi connectivity index (χ1) is 13.9. The minimum Gasteiger partial charge on any atom is -0.377 e. The maximum Gasteiger partial charge on any atom is 0.272 e. The van der Waals surface area contributed by atoms with Gasteiger partial charge in [0, 0.05) is 18.1 Å². The number of hydrazine groups is 1. The highest BCUT2D eigenvalue weighted by molar-refractivity contribution is 5.97. The molecular formula is C20H18F2N6O. The van der Waals surface area contributed by atoms with Gasteiger partial charge in [0.25, 0.3) is 5.56 Å². The molecule has 1 aromatic heterocycles. The highest BCUT2D eigenvalue weighted by Gasteiger charge is 2.49. The maximum absolute atomic E-state index is 14.2. The van der Waals surface area contributed by atoms with Gasteiger partial charge in [-0.05, 0) is 36.8 Å². The van der Waals surface area contributed by atoms with Crippen molar-refractivity contribution in [1.29, 1.82) is 0 Å². The number of hydrogen-bond acceptors (Lipinski definition) is 6. The van der Waals surface area contributed by atoms with Crippen LogP contribution in [0.3, 0.4) is 0 Å². The number of likely N-dealkylation sites (N-methyl/N-ethyl adjacent to an activating group) is 1. The Labute approximate surface area is 164 Å². The van der Waals surface area contributed by atoms with E-state index in [0.717, 1.165) is 5.56 Å². The molecule has 5 rings (SSSR count). The topological polar surface area (TPSA) is 85.4 Å². The molecule has 0 aliphatic carbocycles. The van der Waals surface area contributed by atoms with Crippen LogP contribution in [0.25, 0.3) is 10.8 Å². The number of nitrogens with zero attached hydrogens (tertiary/aromatic N) is 3. The molecule has 0 amide bonds. The van der Waals surface area contributed by atoms with Crippen molar-refractivity contribution in [3.8, 4) is 0 Å². The van der Waals surface area contributed by atoms with Gasteiger partial charge in [0.1, 0.15) is 17.3 Å². The molecule has 0 fully saturated rings. The van der Waals surface area contributed by atoms with Gasteiger partial charge in [-0.2, -0.15) is 10.1 Å². The summed E-state index contributed by atoms with van der Waals surface area (Å²) in [5, 5.41) is 12.9. The smallest absolute Gasteiger partial charge is 0.272 e. The summed E-state index contributed by atoms with van der Waals surface area (Å²) in [5.41, 5.74) is 3.69. The maximum atomic E-state index is 14.2. The number of aliphatic imine (C=N–C) groups is 1. The Morgan fingerprint density at radius 1 is 1.14 bits per heavy atom. The van der Waals surface area contributed by atoms with E-state index in [1.807, 2.05) is 19.0 Å². The Kier molecular flexibility index (Phi) is 3.72. The molecule has 0 bridgehead atoms. The van der Waals surface area contributed by atoms with Gasteiger partial charge >= 0.3 is 0 Å². The van der Waals surface area contributed by atoms with E-state index in [2.05, 4.69) is 25.9 Å². The van der Waals surface area contributed by atoms with Crippen LogP contribution in [0.5, 0.6) is 0 Å². The summed E-state index contributed by atoms with van der Waals surface area (Å²) >= 11 is 0. The molecule has 3 aromatic rings. The Hall–Kier alpha value is -3.33. The first kappa shape index (κ1) is 17.7. The zero-order valence-corrected chi connectivity index (χ0v) is 15.7. The van der Waals surface area contributed by atoms with Crippen LogP contribution in [0.2, 0.25) is 0 Å². The Balaban J connectivity index is 1.81. The van der Waals surface area contributed by atoms with E-state index in [1.54, 1.807) is 18.5 Å². The van der Waals surface area contributed by atoms with E-state index in [-0.39, 0.29) is 17.1 Å². The van der Waals surface area contributed by atoms with Crippen LogP contribution in [0.1, 0.15) is 30.1 Å². The molecule has 0 saturated heterocycles. The number of H-pyrrole nitrogens is 1. The largest absolute Gasteiger partial charge is 0.377 e. The second kappa shape index (κ2) is 6.08. The molecular weight excluding hydrogens is 378 g/mol. The Bertz CT molecular complexity index is 1210. The number of anilines is 1. The Morgan fingerprint density at radius 3 is 2.59 bits per heavy atom. The van der Waals surface area contributed by atoms with Crippen molar-refractivity contribution in [3.05, 3.63) is 69.6 Å². The molecule has 29 heavy (non-hydrogen) atoms. The van der Waals surface area contributed by atoms with Crippen molar-refractivity contribution in [1.82, 2.24) is 20.6 Å². The SMILES string of the molecule is CN1NC=NC1(C)[C@H]1c2n[nH]c(=O)c3cc(F)cc(c23)N[C@@H]1c1ccc(F)cc1. The fourth-order valence-electron chi connectivity index (χ4n) is 4.31. The van der Waals surface area contributed by atoms with Gasteiger partial charge in [-0.15, -0.1) is 0 Å². The molecule has 3 N–H and O–H groups in total. The molecule has 7 nitrogen and oxygen atoms in total. The van der Waals surface area contributed by atoms with Crippen LogP contribution in [0.4, 0.5) is 14.5 Å². The molecule has 3 heterocycles. The zero-order chi connectivity index (χ0) is 20.3. The van der Waals surface area contributed by atoms with Crippen molar-refractivity contribution >= 4 is 22.8 Å². The Morgan fingerprint density at radius 2 is 1.90 bits per heavy atom. The van der Waals surface area contributed by atoms with E-state index < -0.39 is 23.1 Å². The van der Waals surface area contributed by atoms with Gasteiger partial charge in [-0.1, -0.05) is 12.1 Å². The normalized spacial score (nSPS) is 25.8. The van der Waals surface area contributed by atoms with Crippen LogP contribution < -0.4 is 16.3 Å². The number of hydrogen-bond donors (Lipinski definition) is 3. The predicted molar refractivity (Wildman–Crippen MR) is 106 cm³/mol. The van der Waals surface area contributed by atoms with Crippen molar-refractivity contribution < 1.29 is 8.78 Å². The number of rotatable bonds is 2. The summed E-state index contributed by atoms with van der Waals surface area (Å²) in [7, 11) is 1.86. The first-order valence-electron chi connectivity index (χ1n) is 9.16. The van der Waals surface area contributed by atoms with Crippen molar-refractivity contribution in [2.75, 3.05) is 12.4 Å². The molecule has 0 spiro atoms. The summed E-state index contributed by atoms with van der Waals surface area (Å²) in [6.07, 6.45) is 1.60. The average Bonchev–Trinajstić information content (AvgIpc) is 3.03. The fourth-order valence-corrected chi connectivity index (χ4v) is 4.31. The van der Waals surface area contributed by atoms with Gasteiger partial charge in [0.05, 0.1) is 29.4 Å². The third-order valence-electron chi connectivity index (χ3n) is 5.90. The van der Waals surface area contributed by atoms with Crippen LogP contribution in [-0.4, -0.2) is 34.3 Å². The highest BCUT2D eigenvalue weighted by Crippen LogP contribution is 2.50. The van der Waals surface area contributed by atoms with E-state index >= 15 is 0 Å². The minimum absolute atomic E-state index is 0.223. The quantitative estimate of drug-likeness (QED) is 0.620. The minimum atomic E-state index is -0.768. The van der Waals surface area contributed by atoms with E-state index in [1.165, 1.54) is 24.3 Å². The van der Waals surface area contributed by atoms with Crippen LogP contribution >= 0.6 is 0 Å². The lowest BCUT2D eigenvalue weighted by Gasteiger charge is -2.44. The molecule has 2 aliphatic heterocycles. The van der Waals surface area contributed by atoms with Crippen molar-refractivity contribution in [3.63, 3.8) is 0 Å². The number of benzene rings is 2. The molecule has 148 valence electrons. The molecule has 9 heteroatoms. The predicted octanol–water partition coefficient (Wildman–Crippen LogP) is 2.65. The van der Waals surface area contributed by atoms with Crippen molar-refractivity contribution in [2.24, 2.45) is 4.99 Å². The third-order valence-corrected chi connectivity index (χ3v) is 5.90. The van der Waals surface area contributed by atoms with Crippen LogP contribution in [-0.2, 0) is 0 Å². The van der Waals surface area contributed by atoms with Gasteiger partial charge in [-0.3, -0.25) is 9.79 Å². The number of nitrogens with one attached hydrogen (secondary N) is 3. The second-order valence-electron chi connectivity index (χ2n) is 7.51. The summed E-state index contributed by atoms with van der Waals surface area (Å²) in [6, 6.07) is 8.30. The molecule has 2 aromatic carbocycles. The lowest BCUT2D eigenvalue weighted by atomic mass is 9.77. The lowest BCUT2D eigenvalue weighted by Crippen LogP contribution is -2.51. The van der Waals surface area contributed by atoms with Gasteiger partial charge < -0.3 is 10.7 Å². The van der Waals surface area contributed by atoms with E-state index in [9.17, 15) is 13.6 Å². The summed E-state index contributed by atoms with van der Waals surface area (Å²) < 4.78 is 27.8. The number of aromatic nitrogens is 2. The highest BCUT2D eigenvalue weighted by atomic mass is 19.1. The monoisotopic (exact) mass is 396 g/mol. The standard InChI is InChI=1S/C20H18F2N6O/c1-20(23-9-24-28(20)2)16-17(10-3-5-11(21)6-4-10)25-14-8-12(22)7-13-15(14)18(16)26-27-19(13)29/h3-9,16-17,25H,1-2H3,(H,23,24)(H,27,29)/t16-,17-,20?/m1/s1. The van der Waals surface area contributed by atoms with E-state index in [0.29, 0.717) is 16.8 Å². The number of aromatic amines is 1. The molecule has 2 aliphatic rings. The lowest BCUT2D eigenvalue weighted by molar-refractivity contribution is 0.0990. The average molecular weight is 396 g/mol. The summed E-state index contributed by atoms with van der Waals surface area (Å²) in [5.74, 6) is -1.25. The second-order valence-corrected chi connectivity index (χ2v) is 7.51. The van der Waals surface area contributed by atoms with Gasteiger partial charge in [-0.25, -0.2) is 13.9 Å². The van der Waals surface area contributed by atoms with Crippen molar-refractivity contribution in [2.45, 2.75) is 24.5 Å². The van der Waals surface area contributed by atoms with Gasteiger partial charge in [0.2, 0.25) is 0 Å². The molecule has 3 atom stereocenters. The van der Waals surface area contributed by atoms with Crippen LogP contribution in [0, 0.1) is 11.6 Å². The first-order valence-corrected chi connectivity index (χ1v) is 9.16. The van der Waals surface area contributed by atoms with Crippen LogP contribution in [0.15, 0.2) is 46.2 Å². The number of halogens is 2. The molecule has 0 radical (unpaired) electrons. The zero-order valence-electron chi connectivity index (χ0n) is 15.7. The fraction of sp³-hybridized carbons (Fsp3) is 0.250. The van der Waals surface area contributed by atoms with Gasteiger partial charge in [0.15, 0.2) is 0 Å².